The molecule has 4 heterocycles. The minimum atomic E-state index is -1.75. The van der Waals surface area contributed by atoms with Crippen LogP contribution >= 0.6 is 24.4 Å². The largest absolute Gasteiger partial charge is 0.467 e. The van der Waals surface area contributed by atoms with E-state index in [-0.39, 0.29) is 47.8 Å². The number of fused-ring (bicyclic) bond motifs is 22. The Kier molecular flexibility index (Phi) is 9.99. The summed E-state index contributed by atoms with van der Waals surface area (Å²) < 4.78 is 18.0. The molecule has 14 atom stereocenters. The van der Waals surface area contributed by atoms with Crippen LogP contribution in [0.25, 0.3) is 0 Å². The second-order valence-electron chi connectivity index (χ2n) is 18.0. The molecule has 10 rings (SSSR count). The number of ether oxygens (including phenoxy) is 3. The van der Waals surface area contributed by atoms with Crippen molar-refractivity contribution in [3.63, 3.8) is 0 Å². The number of carbonyl (C=O) groups excluding carboxylic acids is 6. The summed E-state index contributed by atoms with van der Waals surface area (Å²) in [4.78, 5) is 110. The minimum absolute atomic E-state index is 0.0284. The van der Waals surface area contributed by atoms with Crippen LogP contribution in [-0.2, 0) is 43.0 Å². The summed E-state index contributed by atoms with van der Waals surface area (Å²) in [6.07, 6.45) is 0.777. The number of amides is 4. The molecule has 340 valence electrons. The number of hydrogen-bond donors (Lipinski definition) is 4. The number of esters is 2. The van der Waals surface area contributed by atoms with Crippen LogP contribution < -0.4 is 21.3 Å². The first-order chi connectivity index (χ1) is 31.1. The van der Waals surface area contributed by atoms with E-state index in [0.29, 0.717) is 24.2 Å². The zero-order chi connectivity index (χ0) is 46.0. The van der Waals surface area contributed by atoms with Gasteiger partial charge in [0.25, 0.3) is 11.4 Å². The van der Waals surface area contributed by atoms with Crippen LogP contribution in [0.4, 0.5) is 22.7 Å². The molecular weight excluding hydrogens is 889 g/mol. The first kappa shape index (κ1) is 42.7. The third-order valence-corrected chi connectivity index (χ3v) is 16.3. The van der Waals surface area contributed by atoms with Crippen molar-refractivity contribution in [1.82, 2.24) is 20.4 Å². The Balaban J connectivity index is 0.869. The van der Waals surface area contributed by atoms with Crippen LogP contribution in [0.15, 0.2) is 48.5 Å². The number of hydrogen-bond acceptors (Lipinski definition) is 15. The monoisotopic (exact) mass is 930 g/mol. The fraction of sp³-hybridized carbons (Fsp3) is 0.524. The zero-order valence-corrected chi connectivity index (χ0v) is 36.3. The molecule has 4 saturated carbocycles. The molecule has 2 aromatic carbocycles. The van der Waals surface area contributed by atoms with Crippen LogP contribution in [0.5, 0.6) is 0 Å². The van der Waals surface area contributed by atoms with Crippen molar-refractivity contribution in [3.8, 4) is 0 Å². The Labute approximate surface area is 379 Å². The summed E-state index contributed by atoms with van der Waals surface area (Å²) >= 11 is 10.8. The predicted molar refractivity (Wildman–Crippen MR) is 230 cm³/mol. The van der Waals surface area contributed by atoms with Gasteiger partial charge in [0.1, 0.15) is 0 Å². The summed E-state index contributed by atoms with van der Waals surface area (Å²) in [5, 5.41) is 34.2. The maximum Gasteiger partial charge on any atom is 0.338 e. The maximum absolute atomic E-state index is 14.5. The molecule has 0 aromatic heterocycles. The number of nitro groups is 2. The Hall–Kier alpha value is -6.20. The third-order valence-electron chi connectivity index (χ3n) is 15.8. The Morgan fingerprint density at radius 3 is 1.22 bits per heavy atom. The molecule has 8 aliphatic rings. The molecule has 4 N–H and O–H groups in total. The summed E-state index contributed by atoms with van der Waals surface area (Å²) in [7, 11) is 2.46. The highest BCUT2D eigenvalue weighted by Gasteiger charge is 2.93. The summed E-state index contributed by atoms with van der Waals surface area (Å²) in [6.45, 7) is 0.131. The second kappa shape index (κ2) is 15.2. The average Bonchev–Trinajstić information content (AvgIpc) is 4.17. The van der Waals surface area contributed by atoms with Gasteiger partial charge in [-0.3, -0.25) is 49.2 Å². The molecule has 4 aliphatic carbocycles. The van der Waals surface area contributed by atoms with E-state index in [4.69, 9.17) is 38.6 Å². The fourth-order valence-corrected chi connectivity index (χ4v) is 14.5. The molecule has 6 unspecified atom stereocenters. The van der Waals surface area contributed by atoms with Gasteiger partial charge >= 0.3 is 11.9 Å². The Morgan fingerprint density at radius 1 is 0.631 bits per heavy atom. The second-order valence-corrected chi connectivity index (χ2v) is 18.8. The minimum Gasteiger partial charge on any atom is -0.467 e. The number of rotatable bonds is 12. The third kappa shape index (κ3) is 5.82. The lowest BCUT2D eigenvalue weighted by molar-refractivity contribution is -0.385. The van der Waals surface area contributed by atoms with Crippen molar-refractivity contribution in [2.75, 3.05) is 51.0 Å². The van der Waals surface area contributed by atoms with Gasteiger partial charge in [0.05, 0.1) is 47.7 Å². The quantitative estimate of drug-likeness (QED) is 0.0774. The number of nitrogens with one attached hydrogen (secondary N) is 4. The molecule has 23 heteroatoms. The molecule has 6 bridgehead atoms. The molecule has 0 radical (unpaired) electrons. The highest BCUT2D eigenvalue weighted by atomic mass is 32.1. The Morgan fingerprint density at radius 2 is 0.938 bits per heavy atom. The highest BCUT2D eigenvalue weighted by molar-refractivity contribution is 7.80. The van der Waals surface area contributed by atoms with Crippen molar-refractivity contribution in [3.05, 3.63) is 68.8 Å². The van der Waals surface area contributed by atoms with Crippen molar-refractivity contribution < 1.29 is 52.8 Å². The van der Waals surface area contributed by atoms with Gasteiger partial charge in [-0.1, -0.05) is 0 Å². The predicted octanol–water partition coefficient (Wildman–Crippen LogP) is 1.61. The number of nitrogens with zero attached hydrogens (tertiary/aromatic N) is 4. The van der Waals surface area contributed by atoms with Gasteiger partial charge in [0, 0.05) is 85.5 Å². The number of methoxy groups -OCH3 is 2. The van der Waals surface area contributed by atoms with Crippen molar-refractivity contribution >= 4 is 93.0 Å². The van der Waals surface area contributed by atoms with E-state index in [2.05, 4.69) is 21.3 Å². The molecule has 0 spiro atoms. The van der Waals surface area contributed by atoms with Gasteiger partial charge in [0.2, 0.25) is 23.6 Å². The molecule has 4 amide bonds. The van der Waals surface area contributed by atoms with Gasteiger partial charge in [-0.25, -0.2) is 9.59 Å². The highest BCUT2D eigenvalue weighted by Crippen LogP contribution is 2.83. The summed E-state index contributed by atoms with van der Waals surface area (Å²) in [5.41, 5.74) is -2.70. The van der Waals surface area contributed by atoms with E-state index in [9.17, 15) is 49.0 Å². The van der Waals surface area contributed by atoms with E-state index >= 15 is 0 Å². The lowest BCUT2D eigenvalue weighted by atomic mass is 9.47. The Bertz CT molecular complexity index is 2270. The molecule has 8 fully saturated rings. The zero-order valence-electron chi connectivity index (χ0n) is 34.7. The van der Waals surface area contributed by atoms with E-state index in [1.54, 1.807) is 0 Å². The van der Waals surface area contributed by atoms with Gasteiger partial charge in [-0.2, -0.15) is 0 Å². The van der Waals surface area contributed by atoms with E-state index in [1.807, 2.05) is 0 Å². The van der Waals surface area contributed by atoms with Crippen molar-refractivity contribution in [1.29, 1.82) is 0 Å². The molecule has 4 saturated heterocycles. The average molecular weight is 931 g/mol. The molecule has 21 nitrogen and oxygen atoms in total. The number of carbonyl (C=O) groups is 6. The number of nitro benzene ring substituents is 2. The van der Waals surface area contributed by atoms with Crippen LogP contribution in [0.1, 0.15) is 12.8 Å². The number of thiocarbonyl (C=S) groups is 2. The van der Waals surface area contributed by atoms with Crippen LogP contribution in [-0.4, -0.2) is 117 Å². The number of anilines is 2. The van der Waals surface area contributed by atoms with E-state index in [1.165, 1.54) is 72.6 Å². The standard InChI is InChI=1S/C42H42N8O13S2/c1-61-37(55)41-29-21-15-23(27-25(21)33(51)47(35(27)53)13-11-43-39(64)45-17-3-7-19(8-4-17)49(57)58)31(29)42(63-41,38(56)62-2)32-24-16-22(30(32)41)26-28(24)36(54)48(34(26)52)14-12-44-40(65)46-18-5-9-20(10-6-18)50(59)60/h3-10,21-32H,11-16H2,1-2H3,(H2,43,45,64)(H2,44,46,65)/t21-,22+,23+,24-,25-,26+,27+,28-,29?,30?,31?,32?,41?,42?. The van der Waals surface area contributed by atoms with Crippen LogP contribution in [0.3, 0.4) is 0 Å². The first-order valence-electron chi connectivity index (χ1n) is 21.3. The number of likely N-dealkylation sites (tertiary alicyclic amines) is 2. The number of benzene rings is 2. The van der Waals surface area contributed by atoms with Crippen LogP contribution in [0, 0.1) is 91.2 Å². The smallest absolute Gasteiger partial charge is 0.338 e. The van der Waals surface area contributed by atoms with Gasteiger partial charge < -0.3 is 35.5 Å². The van der Waals surface area contributed by atoms with Crippen LogP contribution in [0.2, 0.25) is 0 Å². The normalized spacial score (nSPS) is 36.0. The molecule has 65 heavy (non-hydrogen) atoms. The maximum atomic E-state index is 14.5. The SMILES string of the molecule is COC(=O)C12OC(C(=O)OC)(C3C1[C@@H]1C[C@H]3[C@@H]3C(=O)N(CCNC(=S)Nc4ccc([N+](=O)[O-])cc4)C(=O)[C@@H]31)C1C2[C@H]2C[C@@H]1[C@H]1C(=O)N(CCNC(=S)Nc3ccc([N+](=O)[O-])cc3)C(=O)[C@H]12. The van der Waals surface area contributed by atoms with Gasteiger partial charge in [-0.15, -0.1) is 0 Å². The fourth-order valence-electron chi connectivity index (χ4n) is 14.1. The lowest BCUT2D eigenvalue weighted by Gasteiger charge is -2.51. The van der Waals surface area contributed by atoms with E-state index < -0.39 is 128 Å². The lowest BCUT2D eigenvalue weighted by Crippen LogP contribution is -2.64. The first-order valence-corrected chi connectivity index (χ1v) is 22.1. The van der Waals surface area contributed by atoms with Gasteiger partial charge in [0.15, 0.2) is 21.4 Å². The van der Waals surface area contributed by atoms with Crippen molar-refractivity contribution in [2.45, 2.75) is 24.0 Å². The molecule has 4 aliphatic heterocycles. The summed E-state index contributed by atoms with van der Waals surface area (Å²) in [5.74, 6) is -11.2. The van der Waals surface area contributed by atoms with Crippen molar-refractivity contribution in [2.24, 2.45) is 71.0 Å². The number of imide groups is 2. The van der Waals surface area contributed by atoms with Gasteiger partial charge in [-0.05, 0) is 85.2 Å². The molecule has 2 aromatic rings. The molecular formula is C42H42N8O13S2. The number of non-ortho nitro benzene ring substituents is 2. The topological polar surface area (TPSA) is 271 Å². The summed E-state index contributed by atoms with van der Waals surface area (Å²) in [6, 6.07) is 11.3. The van der Waals surface area contributed by atoms with E-state index in [0.717, 1.165) is 0 Å².